The van der Waals surface area contributed by atoms with Crippen molar-refractivity contribution in [3.63, 3.8) is 0 Å². The second-order valence-corrected chi connectivity index (χ2v) is 12.5. The Morgan fingerprint density at radius 1 is 1.00 bits per heavy atom. The minimum Gasteiger partial charge on any atom is -0.306 e. The highest BCUT2D eigenvalue weighted by Gasteiger charge is 2.23. The van der Waals surface area contributed by atoms with Gasteiger partial charge in [0, 0.05) is 22.4 Å². The molecular formula is C29H39Cl3N2S. The minimum atomic E-state index is -0.142. The molecule has 1 saturated heterocycles. The second kappa shape index (κ2) is 14.1. The zero-order chi connectivity index (χ0) is 26.2. The molecular weight excluding hydrogens is 515 g/mol. The third kappa shape index (κ3) is 9.78. The lowest BCUT2D eigenvalue weighted by atomic mass is 9.79. The van der Waals surface area contributed by atoms with E-state index in [4.69, 9.17) is 39.8 Å². The Hall–Kier alpha value is -0.970. The average Bonchev–Trinajstić information content (AvgIpc) is 2.81. The lowest BCUT2D eigenvalue weighted by molar-refractivity contribution is 0.232. The molecule has 1 aliphatic heterocycles. The highest BCUT2D eigenvalue weighted by molar-refractivity contribution is 8.13. The van der Waals surface area contributed by atoms with Crippen LogP contribution in [0.1, 0.15) is 57.2 Å². The van der Waals surface area contributed by atoms with E-state index in [1.165, 1.54) is 42.8 Å². The fraction of sp³-hybridized carbons (Fsp3) is 0.483. The summed E-state index contributed by atoms with van der Waals surface area (Å²) >= 11 is 19.9. The Morgan fingerprint density at radius 3 is 2.23 bits per heavy atom. The monoisotopic (exact) mass is 552 g/mol. The lowest BCUT2D eigenvalue weighted by Gasteiger charge is -2.28. The number of hydrogen-bond acceptors (Lipinski definition) is 3. The largest absolute Gasteiger partial charge is 0.306 e. The maximum atomic E-state index is 6.19. The molecule has 1 heterocycles. The maximum Gasteiger partial charge on any atom is 0.0700 e. The Bertz CT molecular complexity index is 1040. The van der Waals surface area contributed by atoms with Crippen LogP contribution in [0, 0.1) is 19.8 Å². The van der Waals surface area contributed by atoms with Gasteiger partial charge < -0.3 is 4.90 Å². The van der Waals surface area contributed by atoms with Crippen molar-refractivity contribution in [3.05, 3.63) is 79.9 Å². The Labute approximate surface area is 232 Å². The summed E-state index contributed by atoms with van der Waals surface area (Å²) in [6.07, 6.45) is 4.60. The second-order valence-electron chi connectivity index (χ2n) is 10.0. The number of allylic oxidation sites excluding steroid dienone is 1. The van der Waals surface area contributed by atoms with Crippen LogP contribution in [-0.2, 0) is 5.41 Å². The number of thioether (sulfide) groups is 1. The number of halogens is 3. The number of aryl methyl sites for hydroxylation is 2. The van der Waals surface area contributed by atoms with Gasteiger partial charge in [0.1, 0.15) is 0 Å². The van der Waals surface area contributed by atoms with E-state index in [1.807, 2.05) is 62.1 Å². The number of hydrogen-bond donors (Lipinski definition) is 0. The number of likely N-dealkylation sites (tertiary alicyclic amines) is 1. The zero-order valence-corrected chi connectivity index (χ0v) is 25.2. The van der Waals surface area contributed by atoms with Gasteiger partial charge in [0.25, 0.3) is 0 Å². The topological polar surface area (TPSA) is 15.6 Å². The number of piperidine rings is 1. The van der Waals surface area contributed by atoms with Crippen LogP contribution in [0.2, 0.25) is 15.1 Å². The molecule has 192 valence electrons. The molecule has 0 spiro atoms. The van der Waals surface area contributed by atoms with Crippen LogP contribution >= 0.6 is 46.6 Å². The first-order chi connectivity index (χ1) is 16.4. The standard InChI is InChI=1S/C21H30Cl2N2S.C8H9Cl/c1-15(21(3,4)18-6-7-19(22)20(23)12-18)13-24-16(2)26-14-17-8-10-25(5)11-9-17;1-6-3-4-7(2)8(9)5-6/h6-7,12-13,17H,8-11,14H2,1-5H3;3-5H,1-2H3/b15-13+,24-16?;. The summed E-state index contributed by atoms with van der Waals surface area (Å²) < 4.78 is 0. The van der Waals surface area contributed by atoms with Crippen LogP contribution in [0.25, 0.3) is 0 Å². The Balaban J connectivity index is 0.000000402. The van der Waals surface area contributed by atoms with Crippen LogP contribution in [-0.4, -0.2) is 35.8 Å². The van der Waals surface area contributed by atoms with Crippen molar-refractivity contribution in [2.75, 3.05) is 25.9 Å². The van der Waals surface area contributed by atoms with Gasteiger partial charge in [0.05, 0.1) is 15.1 Å². The van der Waals surface area contributed by atoms with Gasteiger partial charge in [-0.3, -0.25) is 4.99 Å². The first kappa shape index (κ1) is 30.3. The Morgan fingerprint density at radius 2 is 1.66 bits per heavy atom. The zero-order valence-electron chi connectivity index (χ0n) is 22.1. The summed E-state index contributed by atoms with van der Waals surface area (Å²) in [6.45, 7) is 15.1. The van der Waals surface area contributed by atoms with E-state index in [2.05, 4.69) is 45.7 Å². The van der Waals surface area contributed by atoms with Gasteiger partial charge in [0.15, 0.2) is 0 Å². The number of aliphatic imine (C=N–C) groups is 1. The lowest BCUT2D eigenvalue weighted by Crippen LogP contribution is -2.31. The van der Waals surface area contributed by atoms with E-state index < -0.39 is 0 Å². The summed E-state index contributed by atoms with van der Waals surface area (Å²) in [5.74, 6) is 1.99. The molecule has 1 aliphatic rings. The van der Waals surface area contributed by atoms with E-state index in [0.29, 0.717) is 10.0 Å². The van der Waals surface area contributed by atoms with Crippen molar-refractivity contribution in [1.29, 1.82) is 0 Å². The van der Waals surface area contributed by atoms with E-state index in [-0.39, 0.29) is 5.41 Å². The third-order valence-electron chi connectivity index (χ3n) is 6.76. The number of nitrogens with zero attached hydrogens (tertiary/aromatic N) is 2. The molecule has 0 atom stereocenters. The number of rotatable bonds is 5. The van der Waals surface area contributed by atoms with Crippen molar-refractivity contribution in [2.24, 2.45) is 10.9 Å². The Kier molecular flexibility index (Phi) is 12.2. The molecule has 1 fully saturated rings. The van der Waals surface area contributed by atoms with Crippen molar-refractivity contribution in [1.82, 2.24) is 4.90 Å². The summed E-state index contributed by atoms with van der Waals surface area (Å²) in [6, 6.07) is 11.9. The molecule has 2 nitrogen and oxygen atoms in total. The first-order valence-corrected chi connectivity index (χ1v) is 14.2. The normalized spacial score (nSPS) is 16.2. The van der Waals surface area contributed by atoms with Gasteiger partial charge in [-0.15, -0.1) is 11.8 Å². The van der Waals surface area contributed by atoms with E-state index >= 15 is 0 Å². The minimum absolute atomic E-state index is 0.142. The molecule has 0 aromatic heterocycles. The predicted molar refractivity (Wildman–Crippen MR) is 160 cm³/mol. The molecule has 6 heteroatoms. The van der Waals surface area contributed by atoms with Crippen LogP contribution in [0.5, 0.6) is 0 Å². The van der Waals surface area contributed by atoms with Gasteiger partial charge in [-0.25, -0.2) is 0 Å². The van der Waals surface area contributed by atoms with Crippen LogP contribution in [0.3, 0.4) is 0 Å². The van der Waals surface area contributed by atoms with Crippen LogP contribution in [0.15, 0.2) is 53.2 Å². The quantitative estimate of drug-likeness (QED) is 0.270. The summed E-state index contributed by atoms with van der Waals surface area (Å²) in [4.78, 5) is 7.12. The molecule has 2 aromatic rings. The van der Waals surface area contributed by atoms with E-state index in [1.54, 1.807) is 0 Å². The highest BCUT2D eigenvalue weighted by atomic mass is 35.5. The van der Waals surface area contributed by atoms with E-state index in [9.17, 15) is 0 Å². The molecule has 0 unspecified atom stereocenters. The fourth-order valence-corrected chi connectivity index (χ4v) is 5.13. The molecule has 35 heavy (non-hydrogen) atoms. The predicted octanol–water partition coefficient (Wildman–Crippen LogP) is 9.63. The molecule has 0 saturated carbocycles. The van der Waals surface area contributed by atoms with Crippen LogP contribution in [0.4, 0.5) is 0 Å². The van der Waals surface area contributed by atoms with Gasteiger partial charge in [0.2, 0.25) is 0 Å². The van der Waals surface area contributed by atoms with Gasteiger partial charge in [-0.05, 0) is 107 Å². The molecule has 0 radical (unpaired) electrons. The maximum absolute atomic E-state index is 6.19. The molecule has 2 aromatic carbocycles. The van der Waals surface area contributed by atoms with E-state index in [0.717, 1.165) is 27.1 Å². The summed E-state index contributed by atoms with van der Waals surface area (Å²) in [5.41, 5.74) is 4.56. The summed E-state index contributed by atoms with van der Waals surface area (Å²) in [7, 11) is 2.21. The molecule has 0 amide bonds. The van der Waals surface area contributed by atoms with Crippen molar-refractivity contribution >= 4 is 51.6 Å². The SMILES string of the molecule is CC(=N/C=C(\C)C(C)(C)c1ccc(Cl)c(Cl)c1)SCC1CCN(C)CC1.Cc1ccc(C)c(Cl)c1. The van der Waals surface area contributed by atoms with Crippen molar-refractivity contribution in [3.8, 4) is 0 Å². The molecule has 0 bridgehead atoms. The highest BCUT2D eigenvalue weighted by Crippen LogP contribution is 2.35. The molecule has 0 N–H and O–H groups in total. The van der Waals surface area contributed by atoms with Gasteiger partial charge in [-0.1, -0.05) is 66.8 Å². The van der Waals surface area contributed by atoms with Crippen LogP contribution < -0.4 is 0 Å². The van der Waals surface area contributed by atoms with Gasteiger partial charge >= 0.3 is 0 Å². The number of benzene rings is 2. The summed E-state index contributed by atoms with van der Waals surface area (Å²) in [5, 5.41) is 3.17. The third-order valence-corrected chi connectivity index (χ3v) is 9.07. The average molecular weight is 554 g/mol. The van der Waals surface area contributed by atoms with Crippen molar-refractivity contribution < 1.29 is 0 Å². The molecule has 0 aliphatic carbocycles. The first-order valence-electron chi connectivity index (χ1n) is 12.1. The fourth-order valence-electron chi connectivity index (χ4n) is 3.66. The van der Waals surface area contributed by atoms with Gasteiger partial charge in [-0.2, -0.15) is 0 Å². The van der Waals surface area contributed by atoms with Crippen molar-refractivity contribution in [2.45, 2.75) is 59.8 Å². The smallest absolute Gasteiger partial charge is 0.0700 e. The molecule has 3 rings (SSSR count).